The van der Waals surface area contributed by atoms with Crippen LogP contribution in [0.5, 0.6) is 0 Å². The average Bonchev–Trinajstić information content (AvgIpc) is 2.93. The van der Waals surface area contributed by atoms with E-state index in [1.54, 1.807) is 13.1 Å². The number of nitrogens with zero attached hydrogens (tertiary/aromatic N) is 2. The van der Waals surface area contributed by atoms with E-state index in [4.69, 9.17) is 9.68 Å². The molecule has 0 saturated carbocycles. The minimum absolute atomic E-state index is 0.0121. The molecule has 0 atom stereocenters. The molecule has 0 saturated heterocycles. The summed E-state index contributed by atoms with van der Waals surface area (Å²) in [4.78, 5) is 4.14. The summed E-state index contributed by atoms with van der Waals surface area (Å²) in [6.45, 7) is 3.56. The predicted octanol–water partition coefficient (Wildman–Crippen LogP) is 1.90. The van der Waals surface area contributed by atoms with Gasteiger partial charge in [0.1, 0.15) is 5.76 Å². The standard InChI is InChI=1S/C14H15N3O3S/c1-3-12-8-16-14(20-12)9-17-21(18,19)13-5-4-11(7-15)6-10(13)2/h4-6,8,17H,3,9H2,1-2H3. The van der Waals surface area contributed by atoms with Crippen molar-refractivity contribution in [2.45, 2.75) is 31.7 Å². The van der Waals surface area contributed by atoms with E-state index >= 15 is 0 Å². The molecule has 0 bridgehead atoms. The van der Waals surface area contributed by atoms with Gasteiger partial charge in [0.2, 0.25) is 15.9 Å². The lowest BCUT2D eigenvalue weighted by Gasteiger charge is -2.08. The van der Waals surface area contributed by atoms with E-state index in [0.29, 0.717) is 29.2 Å². The van der Waals surface area contributed by atoms with Gasteiger partial charge in [-0.15, -0.1) is 0 Å². The summed E-state index contributed by atoms with van der Waals surface area (Å²) < 4.78 is 32.3. The number of benzene rings is 1. The van der Waals surface area contributed by atoms with E-state index in [-0.39, 0.29) is 11.4 Å². The Hall–Kier alpha value is -2.17. The van der Waals surface area contributed by atoms with Gasteiger partial charge in [-0.25, -0.2) is 18.1 Å². The zero-order valence-corrected chi connectivity index (χ0v) is 12.6. The molecule has 0 spiro atoms. The highest BCUT2D eigenvalue weighted by atomic mass is 32.2. The Morgan fingerprint density at radius 2 is 2.19 bits per heavy atom. The lowest BCUT2D eigenvalue weighted by molar-refractivity contribution is 0.452. The Balaban J connectivity index is 2.17. The van der Waals surface area contributed by atoms with Crippen molar-refractivity contribution in [3.8, 4) is 6.07 Å². The quantitative estimate of drug-likeness (QED) is 0.910. The number of oxazole rings is 1. The third kappa shape index (κ3) is 3.48. The van der Waals surface area contributed by atoms with E-state index < -0.39 is 10.0 Å². The smallest absolute Gasteiger partial charge is 0.241 e. The van der Waals surface area contributed by atoms with Gasteiger partial charge in [-0.2, -0.15) is 5.26 Å². The van der Waals surface area contributed by atoms with E-state index in [9.17, 15) is 8.42 Å². The second-order valence-corrected chi connectivity index (χ2v) is 6.23. The lowest BCUT2D eigenvalue weighted by Crippen LogP contribution is -2.24. The molecule has 0 fully saturated rings. The van der Waals surface area contributed by atoms with Crippen molar-refractivity contribution in [2.24, 2.45) is 0 Å². The molecule has 110 valence electrons. The van der Waals surface area contributed by atoms with Crippen LogP contribution in [0.3, 0.4) is 0 Å². The summed E-state index contributed by atoms with van der Waals surface area (Å²) >= 11 is 0. The fourth-order valence-electron chi connectivity index (χ4n) is 1.85. The molecule has 2 rings (SSSR count). The summed E-state index contributed by atoms with van der Waals surface area (Å²) in [5, 5.41) is 8.80. The number of sulfonamides is 1. The van der Waals surface area contributed by atoms with Gasteiger partial charge in [0.05, 0.1) is 29.3 Å². The zero-order chi connectivity index (χ0) is 15.5. The van der Waals surface area contributed by atoms with Crippen LogP contribution in [0.15, 0.2) is 33.7 Å². The van der Waals surface area contributed by atoms with Crippen molar-refractivity contribution >= 4 is 10.0 Å². The van der Waals surface area contributed by atoms with Gasteiger partial charge < -0.3 is 4.42 Å². The summed E-state index contributed by atoms with van der Waals surface area (Å²) in [7, 11) is -3.67. The first-order chi connectivity index (χ1) is 9.96. The Bertz CT molecular complexity index is 788. The number of aryl methyl sites for hydroxylation is 2. The number of hydrogen-bond acceptors (Lipinski definition) is 5. The van der Waals surface area contributed by atoms with Gasteiger partial charge in [0, 0.05) is 6.42 Å². The molecule has 0 aliphatic heterocycles. The number of hydrogen-bond donors (Lipinski definition) is 1. The van der Waals surface area contributed by atoms with Crippen molar-refractivity contribution in [1.29, 1.82) is 5.26 Å². The second kappa shape index (κ2) is 6.08. The largest absolute Gasteiger partial charge is 0.444 e. The first-order valence-electron chi connectivity index (χ1n) is 6.40. The van der Waals surface area contributed by atoms with Crippen LogP contribution in [0.2, 0.25) is 0 Å². The molecule has 2 aromatic rings. The maximum Gasteiger partial charge on any atom is 0.241 e. The number of nitriles is 1. The molecule has 21 heavy (non-hydrogen) atoms. The van der Waals surface area contributed by atoms with E-state index in [0.717, 1.165) is 0 Å². The predicted molar refractivity (Wildman–Crippen MR) is 75.8 cm³/mol. The maximum absolute atomic E-state index is 12.2. The first kappa shape index (κ1) is 15.2. The molecule has 1 aromatic heterocycles. The van der Waals surface area contributed by atoms with E-state index in [2.05, 4.69) is 9.71 Å². The minimum Gasteiger partial charge on any atom is -0.444 e. The fourth-order valence-corrected chi connectivity index (χ4v) is 3.05. The summed E-state index contributed by atoms with van der Waals surface area (Å²) in [6.07, 6.45) is 2.28. The van der Waals surface area contributed by atoms with Crippen LogP contribution in [0.25, 0.3) is 0 Å². The normalized spacial score (nSPS) is 11.3. The van der Waals surface area contributed by atoms with Crippen LogP contribution in [-0.2, 0) is 23.0 Å². The zero-order valence-electron chi connectivity index (χ0n) is 11.8. The second-order valence-electron chi connectivity index (χ2n) is 4.49. The molecule has 0 aliphatic carbocycles. The van der Waals surface area contributed by atoms with Gasteiger partial charge in [-0.1, -0.05) is 6.92 Å². The van der Waals surface area contributed by atoms with Gasteiger partial charge in [0.15, 0.2) is 0 Å². The van der Waals surface area contributed by atoms with Crippen LogP contribution < -0.4 is 4.72 Å². The molecular formula is C14H15N3O3S. The first-order valence-corrected chi connectivity index (χ1v) is 7.88. The number of aromatic nitrogens is 1. The van der Waals surface area contributed by atoms with Gasteiger partial charge in [-0.05, 0) is 30.7 Å². The Labute approximate surface area is 123 Å². The summed E-state index contributed by atoms with van der Waals surface area (Å²) in [5.74, 6) is 1.03. The van der Waals surface area contributed by atoms with Crippen LogP contribution in [0, 0.1) is 18.3 Å². The van der Waals surface area contributed by atoms with Crippen LogP contribution in [0.1, 0.15) is 29.7 Å². The Kier molecular flexibility index (Phi) is 4.40. The minimum atomic E-state index is -3.67. The highest BCUT2D eigenvalue weighted by Gasteiger charge is 2.17. The summed E-state index contributed by atoms with van der Waals surface area (Å²) in [5.41, 5.74) is 0.940. The van der Waals surface area contributed by atoms with E-state index in [1.807, 2.05) is 13.0 Å². The van der Waals surface area contributed by atoms with Gasteiger partial charge in [0.25, 0.3) is 0 Å². The van der Waals surface area contributed by atoms with Crippen molar-refractivity contribution in [3.63, 3.8) is 0 Å². The number of rotatable bonds is 5. The van der Waals surface area contributed by atoms with Crippen LogP contribution in [-0.4, -0.2) is 13.4 Å². The monoisotopic (exact) mass is 305 g/mol. The van der Waals surface area contributed by atoms with Crippen LogP contribution >= 0.6 is 0 Å². The summed E-state index contributed by atoms with van der Waals surface area (Å²) in [6, 6.07) is 6.40. The molecule has 0 unspecified atom stereocenters. The van der Waals surface area contributed by atoms with Gasteiger partial charge >= 0.3 is 0 Å². The molecule has 1 heterocycles. The number of nitrogens with one attached hydrogen (secondary N) is 1. The third-order valence-corrected chi connectivity index (χ3v) is 4.52. The SMILES string of the molecule is CCc1cnc(CNS(=O)(=O)c2ccc(C#N)cc2C)o1. The highest BCUT2D eigenvalue weighted by molar-refractivity contribution is 7.89. The van der Waals surface area contributed by atoms with Crippen LogP contribution in [0.4, 0.5) is 0 Å². The highest BCUT2D eigenvalue weighted by Crippen LogP contribution is 2.16. The molecule has 0 amide bonds. The average molecular weight is 305 g/mol. The van der Waals surface area contributed by atoms with Crippen molar-refractivity contribution in [2.75, 3.05) is 0 Å². The van der Waals surface area contributed by atoms with E-state index in [1.165, 1.54) is 18.2 Å². The molecular weight excluding hydrogens is 290 g/mol. The molecule has 1 N–H and O–H groups in total. The topological polar surface area (TPSA) is 96.0 Å². The maximum atomic E-state index is 12.2. The van der Waals surface area contributed by atoms with Crippen molar-refractivity contribution < 1.29 is 12.8 Å². The molecule has 7 heteroatoms. The third-order valence-electron chi connectivity index (χ3n) is 2.96. The molecule has 6 nitrogen and oxygen atoms in total. The molecule has 1 aromatic carbocycles. The Morgan fingerprint density at radius 1 is 1.43 bits per heavy atom. The Morgan fingerprint density at radius 3 is 2.76 bits per heavy atom. The van der Waals surface area contributed by atoms with Gasteiger partial charge in [-0.3, -0.25) is 0 Å². The lowest BCUT2D eigenvalue weighted by atomic mass is 10.2. The molecule has 0 radical (unpaired) electrons. The fraction of sp³-hybridized carbons (Fsp3) is 0.286. The van der Waals surface area contributed by atoms with Crippen molar-refractivity contribution in [1.82, 2.24) is 9.71 Å². The van der Waals surface area contributed by atoms with Crippen molar-refractivity contribution in [3.05, 3.63) is 47.2 Å². The molecule has 0 aliphatic rings.